The fraction of sp³-hybridized carbons (Fsp3) is 0.190. The molecule has 6 heteroatoms. The van der Waals surface area contributed by atoms with Crippen molar-refractivity contribution in [1.29, 1.82) is 5.41 Å². The minimum absolute atomic E-state index is 0.737. The van der Waals surface area contributed by atoms with E-state index in [2.05, 4.69) is 26.7 Å². The minimum Gasteiger partial charge on any atom is -0.496 e. The molecule has 1 heterocycles. The standard InChI is InChI=1S/C21H23N5O/c1-23-18-8-7-16(11-17(18)13-22)19-12-21(26-14-25-19)24-10-9-15-5-3-4-6-20(15)27-2/h3-8,11-14,22-23H,9-10H2,1-2H3,(H,24,25,26). The van der Waals surface area contributed by atoms with Gasteiger partial charge in [-0.1, -0.05) is 24.3 Å². The first-order valence-corrected chi connectivity index (χ1v) is 8.75. The third-order valence-electron chi connectivity index (χ3n) is 4.33. The molecule has 0 spiro atoms. The van der Waals surface area contributed by atoms with E-state index in [1.165, 1.54) is 6.21 Å². The van der Waals surface area contributed by atoms with Gasteiger partial charge in [0.2, 0.25) is 0 Å². The minimum atomic E-state index is 0.737. The van der Waals surface area contributed by atoms with Crippen molar-refractivity contribution in [3.05, 3.63) is 66.0 Å². The maximum atomic E-state index is 7.57. The van der Waals surface area contributed by atoms with Crippen molar-refractivity contribution >= 4 is 17.7 Å². The number of rotatable bonds is 8. The van der Waals surface area contributed by atoms with E-state index in [9.17, 15) is 0 Å². The van der Waals surface area contributed by atoms with Gasteiger partial charge < -0.3 is 20.8 Å². The van der Waals surface area contributed by atoms with Crippen LogP contribution in [0.4, 0.5) is 11.5 Å². The molecule has 6 nitrogen and oxygen atoms in total. The molecule has 3 aromatic rings. The van der Waals surface area contributed by atoms with Crippen LogP contribution in [0, 0.1) is 5.41 Å². The molecular formula is C21H23N5O. The van der Waals surface area contributed by atoms with Gasteiger partial charge in [-0.25, -0.2) is 9.97 Å². The highest BCUT2D eigenvalue weighted by Gasteiger charge is 2.06. The van der Waals surface area contributed by atoms with Gasteiger partial charge in [0, 0.05) is 42.7 Å². The molecule has 1 aromatic heterocycles. The first-order valence-electron chi connectivity index (χ1n) is 8.75. The lowest BCUT2D eigenvalue weighted by Gasteiger charge is -2.11. The maximum absolute atomic E-state index is 7.57. The molecule has 3 N–H and O–H groups in total. The second-order valence-corrected chi connectivity index (χ2v) is 5.97. The molecule has 0 bridgehead atoms. The molecule has 0 radical (unpaired) electrons. The van der Waals surface area contributed by atoms with Crippen LogP contribution in [0.1, 0.15) is 11.1 Å². The number of ether oxygens (including phenoxy) is 1. The molecule has 0 saturated carbocycles. The van der Waals surface area contributed by atoms with Gasteiger partial charge in [0.1, 0.15) is 17.9 Å². The Morgan fingerprint density at radius 2 is 1.96 bits per heavy atom. The zero-order valence-corrected chi connectivity index (χ0v) is 15.5. The number of nitrogens with zero attached hydrogens (tertiary/aromatic N) is 2. The highest BCUT2D eigenvalue weighted by atomic mass is 16.5. The van der Waals surface area contributed by atoms with Gasteiger partial charge in [0.15, 0.2) is 0 Å². The molecule has 0 atom stereocenters. The summed E-state index contributed by atoms with van der Waals surface area (Å²) in [6.07, 6.45) is 3.72. The number of nitrogens with one attached hydrogen (secondary N) is 3. The topological polar surface area (TPSA) is 82.9 Å². The zero-order chi connectivity index (χ0) is 19.1. The molecular weight excluding hydrogens is 338 g/mol. The van der Waals surface area contributed by atoms with Gasteiger partial charge in [-0.05, 0) is 30.2 Å². The smallest absolute Gasteiger partial charge is 0.129 e. The molecule has 0 saturated heterocycles. The van der Waals surface area contributed by atoms with Gasteiger partial charge in [0.25, 0.3) is 0 Å². The molecule has 3 rings (SSSR count). The maximum Gasteiger partial charge on any atom is 0.129 e. The SMILES string of the molecule is CNc1ccc(-c2cc(NCCc3ccccc3OC)ncn2)cc1C=N. The van der Waals surface area contributed by atoms with Crippen LogP contribution in [-0.2, 0) is 6.42 Å². The van der Waals surface area contributed by atoms with Crippen molar-refractivity contribution in [1.82, 2.24) is 9.97 Å². The molecule has 0 unspecified atom stereocenters. The van der Waals surface area contributed by atoms with E-state index in [0.29, 0.717) is 0 Å². The van der Waals surface area contributed by atoms with Crippen LogP contribution in [0.3, 0.4) is 0 Å². The Morgan fingerprint density at radius 3 is 2.74 bits per heavy atom. The summed E-state index contributed by atoms with van der Waals surface area (Å²) < 4.78 is 5.39. The third kappa shape index (κ3) is 4.41. The van der Waals surface area contributed by atoms with Gasteiger partial charge in [0.05, 0.1) is 12.8 Å². The molecule has 0 aliphatic carbocycles. The Balaban J connectivity index is 1.71. The Morgan fingerprint density at radius 1 is 1.11 bits per heavy atom. The number of benzene rings is 2. The van der Waals surface area contributed by atoms with Crippen LogP contribution >= 0.6 is 0 Å². The number of aromatic nitrogens is 2. The van der Waals surface area contributed by atoms with Crippen LogP contribution in [0.25, 0.3) is 11.3 Å². The van der Waals surface area contributed by atoms with E-state index in [0.717, 1.165) is 52.6 Å². The largest absolute Gasteiger partial charge is 0.496 e. The molecule has 2 aromatic carbocycles. The van der Waals surface area contributed by atoms with Gasteiger partial charge in [-0.3, -0.25) is 0 Å². The lowest BCUT2D eigenvalue weighted by Crippen LogP contribution is -2.07. The Hall–Kier alpha value is -3.41. The van der Waals surface area contributed by atoms with Crippen LogP contribution in [-0.4, -0.2) is 36.9 Å². The van der Waals surface area contributed by atoms with E-state index in [1.54, 1.807) is 13.4 Å². The van der Waals surface area contributed by atoms with Crippen LogP contribution in [0.5, 0.6) is 5.75 Å². The van der Waals surface area contributed by atoms with Crippen molar-refractivity contribution in [2.24, 2.45) is 0 Å². The van der Waals surface area contributed by atoms with E-state index in [-0.39, 0.29) is 0 Å². The summed E-state index contributed by atoms with van der Waals surface area (Å²) in [5, 5.41) is 14.0. The Labute approximate surface area is 159 Å². The predicted octanol–water partition coefficient (Wildman–Crippen LogP) is 3.85. The third-order valence-corrected chi connectivity index (χ3v) is 4.33. The van der Waals surface area contributed by atoms with Crippen molar-refractivity contribution in [2.45, 2.75) is 6.42 Å². The summed E-state index contributed by atoms with van der Waals surface area (Å²) in [5.74, 6) is 1.66. The van der Waals surface area contributed by atoms with Gasteiger partial charge in [-0.15, -0.1) is 0 Å². The van der Waals surface area contributed by atoms with Crippen molar-refractivity contribution in [3.63, 3.8) is 0 Å². The average molecular weight is 361 g/mol. The summed E-state index contributed by atoms with van der Waals surface area (Å²) in [6.45, 7) is 0.737. The quantitative estimate of drug-likeness (QED) is 0.531. The number of hydrogen-bond donors (Lipinski definition) is 3. The average Bonchev–Trinajstić information content (AvgIpc) is 2.73. The van der Waals surface area contributed by atoms with Gasteiger partial charge in [-0.2, -0.15) is 0 Å². The summed E-state index contributed by atoms with van der Waals surface area (Å²) in [4.78, 5) is 8.67. The van der Waals surface area contributed by atoms with Crippen molar-refractivity contribution in [3.8, 4) is 17.0 Å². The molecule has 0 amide bonds. The van der Waals surface area contributed by atoms with E-state index in [1.807, 2.05) is 49.5 Å². The molecule has 138 valence electrons. The first kappa shape index (κ1) is 18.4. The summed E-state index contributed by atoms with van der Waals surface area (Å²) in [6, 6.07) is 15.8. The van der Waals surface area contributed by atoms with Crippen LogP contribution in [0.15, 0.2) is 54.9 Å². The molecule has 0 fully saturated rings. The summed E-state index contributed by atoms with van der Waals surface area (Å²) >= 11 is 0. The van der Waals surface area contributed by atoms with Crippen LogP contribution in [0.2, 0.25) is 0 Å². The highest BCUT2D eigenvalue weighted by molar-refractivity contribution is 5.88. The normalized spacial score (nSPS) is 10.3. The van der Waals surface area contributed by atoms with E-state index in [4.69, 9.17) is 10.1 Å². The number of anilines is 2. The zero-order valence-electron chi connectivity index (χ0n) is 15.5. The number of methoxy groups -OCH3 is 1. The molecule has 0 aliphatic heterocycles. The lowest BCUT2D eigenvalue weighted by molar-refractivity contribution is 0.410. The monoisotopic (exact) mass is 361 g/mol. The number of para-hydroxylation sites is 1. The fourth-order valence-electron chi connectivity index (χ4n) is 2.92. The van der Waals surface area contributed by atoms with E-state index < -0.39 is 0 Å². The van der Waals surface area contributed by atoms with E-state index >= 15 is 0 Å². The first-order chi connectivity index (χ1) is 13.2. The van der Waals surface area contributed by atoms with Gasteiger partial charge >= 0.3 is 0 Å². The fourth-order valence-corrected chi connectivity index (χ4v) is 2.92. The lowest BCUT2D eigenvalue weighted by atomic mass is 10.1. The summed E-state index contributed by atoms with van der Waals surface area (Å²) in [5.41, 5.74) is 4.65. The van der Waals surface area contributed by atoms with Crippen molar-refractivity contribution < 1.29 is 4.74 Å². The number of hydrogen-bond acceptors (Lipinski definition) is 6. The Kier molecular flexibility index (Phi) is 5.99. The second kappa shape index (κ2) is 8.80. The van der Waals surface area contributed by atoms with Crippen molar-refractivity contribution in [2.75, 3.05) is 31.3 Å². The molecule has 27 heavy (non-hydrogen) atoms. The molecule has 0 aliphatic rings. The highest BCUT2D eigenvalue weighted by Crippen LogP contribution is 2.24. The predicted molar refractivity (Wildman–Crippen MR) is 110 cm³/mol. The second-order valence-electron chi connectivity index (χ2n) is 5.97. The Bertz CT molecular complexity index is 926. The summed E-state index contributed by atoms with van der Waals surface area (Å²) in [7, 11) is 3.53. The van der Waals surface area contributed by atoms with Crippen LogP contribution < -0.4 is 15.4 Å².